The van der Waals surface area contributed by atoms with Gasteiger partial charge >= 0.3 is 0 Å². The second-order valence-electron chi connectivity index (χ2n) is 4.94. The van der Waals surface area contributed by atoms with Gasteiger partial charge in [-0.05, 0) is 30.7 Å². The minimum absolute atomic E-state index is 0.0368. The molecule has 0 unspecified atom stereocenters. The minimum atomic E-state index is -3.10. The summed E-state index contributed by atoms with van der Waals surface area (Å²) < 4.78 is 28.3. The fraction of sp³-hybridized carbons (Fsp3) is 0.250. The van der Waals surface area contributed by atoms with Crippen molar-refractivity contribution in [3.8, 4) is 22.6 Å². The van der Waals surface area contributed by atoms with Crippen LogP contribution in [0.5, 0.6) is 11.5 Å². The maximum absolute atomic E-state index is 10.2. The molecule has 23 heavy (non-hydrogen) atoms. The second-order valence-corrected chi connectivity index (χ2v) is 7.20. The zero-order chi connectivity index (χ0) is 17.0. The van der Waals surface area contributed by atoms with Crippen LogP contribution in [0.4, 0.5) is 0 Å². The summed E-state index contributed by atoms with van der Waals surface area (Å²) in [6, 6.07) is 9.63. The smallest absolute Gasteiger partial charge is 0.130 e. The van der Waals surface area contributed by atoms with Gasteiger partial charge in [-0.1, -0.05) is 30.7 Å². The molecule has 0 bridgehead atoms. The molecule has 2 aromatic carbocycles. The lowest BCUT2D eigenvalue weighted by atomic mass is 10.0. The van der Waals surface area contributed by atoms with E-state index in [0.29, 0.717) is 33.3 Å². The van der Waals surface area contributed by atoms with Crippen molar-refractivity contribution in [2.75, 3.05) is 13.7 Å². The number of ether oxygens (including phenoxy) is 1. The van der Waals surface area contributed by atoms with Crippen LogP contribution in [0.15, 0.2) is 41.3 Å². The first-order valence-electron chi connectivity index (χ1n) is 7.09. The molecule has 0 aliphatic carbocycles. The fourth-order valence-corrected chi connectivity index (χ4v) is 3.70. The molecule has 2 rings (SSSR count). The first-order chi connectivity index (χ1) is 10.9. The number of benzene rings is 2. The summed E-state index contributed by atoms with van der Waals surface area (Å²) in [5.74, 6) is 0.519. The van der Waals surface area contributed by atoms with E-state index in [4.69, 9.17) is 16.3 Å². The Morgan fingerprint density at radius 2 is 1.96 bits per heavy atom. The third kappa shape index (κ3) is 3.91. The molecule has 0 aromatic heterocycles. The van der Waals surface area contributed by atoms with Crippen molar-refractivity contribution in [1.82, 2.24) is 4.72 Å². The zero-order valence-electron chi connectivity index (χ0n) is 12.9. The maximum atomic E-state index is 10.2. The van der Waals surface area contributed by atoms with Gasteiger partial charge in [-0.25, -0.2) is 4.72 Å². The summed E-state index contributed by atoms with van der Waals surface area (Å²) in [5.41, 5.74) is 1.01. The highest BCUT2D eigenvalue weighted by Crippen LogP contribution is 2.48. The summed E-state index contributed by atoms with van der Waals surface area (Å²) in [4.78, 5) is 0.300. The van der Waals surface area contributed by atoms with E-state index in [0.717, 1.165) is 6.42 Å². The Balaban J connectivity index is 2.45. The summed E-state index contributed by atoms with van der Waals surface area (Å²) in [6.45, 7) is 2.41. The van der Waals surface area contributed by atoms with Crippen molar-refractivity contribution in [1.29, 1.82) is 0 Å². The number of hydrogen-bond donors (Lipinski definition) is 4. The largest absolute Gasteiger partial charge is 0.507 e. The molecule has 0 fully saturated rings. The predicted octanol–water partition coefficient (Wildman–Crippen LogP) is 4.75. The molecular formula is C16H20ClNO4S. The van der Waals surface area contributed by atoms with Gasteiger partial charge in [0.2, 0.25) is 0 Å². The third-order valence-corrected chi connectivity index (χ3v) is 5.15. The van der Waals surface area contributed by atoms with Gasteiger partial charge in [0, 0.05) is 12.1 Å². The van der Waals surface area contributed by atoms with Crippen molar-refractivity contribution in [2.45, 2.75) is 18.2 Å². The molecule has 0 saturated heterocycles. The average Bonchev–Trinajstić information content (AvgIpc) is 2.53. The fourth-order valence-electron chi connectivity index (χ4n) is 2.16. The molecule has 0 spiro atoms. The first kappa shape index (κ1) is 17.9. The number of phenols is 1. The molecule has 0 saturated carbocycles. The maximum Gasteiger partial charge on any atom is 0.130 e. The van der Waals surface area contributed by atoms with Crippen LogP contribution in [0.3, 0.4) is 0 Å². The Kier molecular flexibility index (Phi) is 5.78. The highest BCUT2D eigenvalue weighted by Gasteiger charge is 2.19. The number of phenolic OH excluding ortho intramolecular Hbond substituents is 1. The summed E-state index contributed by atoms with van der Waals surface area (Å²) in [7, 11) is -1.59. The van der Waals surface area contributed by atoms with Crippen LogP contribution < -0.4 is 9.46 Å². The lowest BCUT2D eigenvalue weighted by Gasteiger charge is -2.33. The summed E-state index contributed by atoms with van der Waals surface area (Å²) >= 11 is 6.30. The molecule has 7 heteroatoms. The Morgan fingerprint density at radius 1 is 1.22 bits per heavy atom. The van der Waals surface area contributed by atoms with Gasteiger partial charge in [0.15, 0.2) is 0 Å². The van der Waals surface area contributed by atoms with Crippen LogP contribution in [-0.2, 0) is 0 Å². The van der Waals surface area contributed by atoms with Crippen LogP contribution in [0, 0.1) is 0 Å². The first-order valence-corrected chi connectivity index (χ1v) is 9.02. The molecule has 0 aliphatic rings. The number of rotatable bonds is 6. The predicted molar refractivity (Wildman–Crippen MR) is 94.5 cm³/mol. The van der Waals surface area contributed by atoms with Gasteiger partial charge in [0.1, 0.15) is 11.5 Å². The minimum Gasteiger partial charge on any atom is -0.507 e. The van der Waals surface area contributed by atoms with E-state index in [-0.39, 0.29) is 5.75 Å². The molecule has 126 valence electrons. The highest BCUT2D eigenvalue weighted by molar-refractivity contribution is 8.22. The second kappa shape index (κ2) is 7.42. The van der Waals surface area contributed by atoms with Crippen molar-refractivity contribution in [2.24, 2.45) is 0 Å². The monoisotopic (exact) mass is 357 g/mol. The lowest BCUT2D eigenvalue weighted by Crippen LogP contribution is -2.20. The van der Waals surface area contributed by atoms with Crippen LogP contribution in [-0.4, -0.2) is 27.9 Å². The lowest BCUT2D eigenvalue weighted by molar-refractivity contribution is 0.410. The molecule has 2 aromatic rings. The third-order valence-electron chi connectivity index (χ3n) is 3.32. The highest BCUT2D eigenvalue weighted by atomic mass is 35.5. The molecule has 0 heterocycles. The van der Waals surface area contributed by atoms with E-state index in [9.17, 15) is 14.2 Å². The molecular weight excluding hydrogens is 338 g/mol. The quantitative estimate of drug-likeness (QED) is 0.600. The number of aromatic hydroxyl groups is 1. The van der Waals surface area contributed by atoms with Crippen LogP contribution in [0.2, 0.25) is 5.02 Å². The summed E-state index contributed by atoms with van der Waals surface area (Å²) in [5, 5.41) is 10.4. The van der Waals surface area contributed by atoms with E-state index in [1.54, 1.807) is 30.3 Å². The average molecular weight is 358 g/mol. The SMILES string of the molecule is CCCNS(O)(O)c1ccc(-c2c(O)cccc2OC)c(Cl)c1. The van der Waals surface area contributed by atoms with Crippen molar-refractivity contribution < 1.29 is 18.9 Å². The molecule has 0 amide bonds. The van der Waals surface area contributed by atoms with Crippen molar-refractivity contribution >= 4 is 22.4 Å². The van der Waals surface area contributed by atoms with Gasteiger partial charge in [-0.2, -0.15) is 0 Å². The topological polar surface area (TPSA) is 82.0 Å². The normalized spacial score (nSPS) is 12.2. The van der Waals surface area contributed by atoms with Gasteiger partial charge in [-0.15, -0.1) is 10.8 Å². The van der Waals surface area contributed by atoms with Crippen LogP contribution >= 0.6 is 22.4 Å². The molecule has 5 nitrogen and oxygen atoms in total. The van der Waals surface area contributed by atoms with Crippen LogP contribution in [0.1, 0.15) is 13.3 Å². The number of halogens is 1. The van der Waals surface area contributed by atoms with Gasteiger partial charge in [-0.3, -0.25) is 9.11 Å². The number of nitrogens with one attached hydrogen (secondary N) is 1. The summed E-state index contributed by atoms with van der Waals surface area (Å²) in [6.07, 6.45) is 0.775. The molecule has 0 aliphatic heterocycles. The van der Waals surface area contributed by atoms with E-state index in [2.05, 4.69) is 4.72 Å². The van der Waals surface area contributed by atoms with E-state index in [1.165, 1.54) is 13.2 Å². The number of hydrogen-bond acceptors (Lipinski definition) is 5. The van der Waals surface area contributed by atoms with E-state index < -0.39 is 10.8 Å². The van der Waals surface area contributed by atoms with Gasteiger partial charge < -0.3 is 9.84 Å². The van der Waals surface area contributed by atoms with E-state index in [1.807, 2.05) is 6.92 Å². The van der Waals surface area contributed by atoms with Crippen molar-refractivity contribution in [3.63, 3.8) is 0 Å². The molecule has 0 radical (unpaired) electrons. The standard InChI is InChI=1S/C16H20ClNO4S/c1-3-9-18-23(20,21)11-7-8-12(13(17)10-11)16-14(19)5-4-6-15(16)22-2/h4-8,10,18-21H,3,9H2,1-2H3. The Labute approximate surface area is 142 Å². The van der Waals surface area contributed by atoms with Crippen molar-refractivity contribution in [3.05, 3.63) is 41.4 Å². The Bertz CT molecular complexity index is 694. The number of methoxy groups -OCH3 is 1. The van der Waals surface area contributed by atoms with E-state index >= 15 is 0 Å². The molecule has 0 atom stereocenters. The Hall–Kier alpha value is -1.44. The Morgan fingerprint density at radius 3 is 2.57 bits per heavy atom. The molecule has 4 N–H and O–H groups in total. The van der Waals surface area contributed by atoms with Gasteiger partial charge in [0.25, 0.3) is 0 Å². The van der Waals surface area contributed by atoms with Gasteiger partial charge in [0.05, 0.1) is 22.6 Å². The zero-order valence-corrected chi connectivity index (χ0v) is 14.5. The van der Waals surface area contributed by atoms with Crippen LogP contribution in [0.25, 0.3) is 11.1 Å².